The Morgan fingerprint density at radius 3 is 2.75 bits per heavy atom. The maximum absolute atomic E-state index is 5.89. The fraction of sp³-hybridized carbons (Fsp3) is 0.462. The smallest absolute Gasteiger partial charge is 0.238 e. The first-order valence-electron chi connectivity index (χ1n) is 5.52. The zero-order valence-electron chi connectivity index (χ0n) is 10.3. The Hall–Kier alpha value is -1.51. The fourth-order valence-corrected chi connectivity index (χ4v) is 1.95. The molecule has 0 saturated heterocycles. The summed E-state index contributed by atoms with van der Waals surface area (Å²) < 4.78 is 5.89. The largest absolute Gasteiger partial charge is 0.468 e. The van der Waals surface area contributed by atoms with E-state index in [9.17, 15) is 0 Å². The summed E-state index contributed by atoms with van der Waals surface area (Å²) in [6.07, 6.45) is 0. The van der Waals surface area contributed by atoms with Gasteiger partial charge in [-0.2, -0.15) is 0 Å². The molecule has 2 rings (SSSR count). The molecular formula is C13H18N2O. The molecular weight excluding hydrogens is 200 g/mol. The van der Waals surface area contributed by atoms with Crippen LogP contribution in [0, 0.1) is 6.92 Å². The van der Waals surface area contributed by atoms with Gasteiger partial charge in [-0.1, -0.05) is 17.7 Å². The molecule has 0 saturated carbocycles. The number of aryl methyl sites for hydroxylation is 1. The van der Waals surface area contributed by atoms with Crippen molar-refractivity contribution >= 4 is 5.90 Å². The van der Waals surface area contributed by atoms with E-state index in [2.05, 4.69) is 38.0 Å². The molecule has 86 valence electrons. The van der Waals surface area contributed by atoms with Crippen LogP contribution in [0.5, 0.6) is 0 Å². The van der Waals surface area contributed by atoms with Crippen molar-refractivity contribution < 1.29 is 4.74 Å². The van der Waals surface area contributed by atoms with E-state index < -0.39 is 0 Å². The van der Waals surface area contributed by atoms with Crippen molar-refractivity contribution in [1.29, 1.82) is 0 Å². The third kappa shape index (κ3) is 2.35. The minimum Gasteiger partial charge on any atom is -0.468 e. The standard InChI is InChI=1S/C13H18N2O/c1-10-6-5-7-11(8-10)12-14-15(4)9-13(2,3)16-12/h5-8H,9H2,1-4H3. The maximum atomic E-state index is 5.89. The minimum atomic E-state index is -0.185. The van der Waals surface area contributed by atoms with Crippen LogP contribution in [-0.4, -0.2) is 30.1 Å². The van der Waals surface area contributed by atoms with E-state index >= 15 is 0 Å². The summed E-state index contributed by atoms with van der Waals surface area (Å²) in [5.74, 6) is 0.711. The van der Waals surface area contributed by atoms with Crippen molar-refractivity contribution in [3.05, 3.63) is 35.4 Å². The lowest BCUT2D eigenvalue weighted by molar-refractivity contribution is 0.0323. The number of rotatable bonds is 1. The first-order valence-corrected chi connectivity index (χ1v) is 5.52. The first kappa shape index (κ1) is 11.0. The predicted octanol–water partition coefficient (Wildman–Crippen LogP) is 2.40. The van der Waals surface area contributed by atoms with Crippen molar-refractivity contribution in [2.24, 2.45) is 5.10 Å². The molecule has 3 heteroatoms. The number of hydrogen-bond acceptors (Lipinski definition) is 3. The highest BCUT2D eigenvalue weighted by Gasteiger charge is 2.28. The van der Waals surface area contributed by atoms with Crippen LogP contribution in [0.25, 0.3) is 0 Å². The zero-order valence-corrected chi connectivity index (χ0v) is 10.3. The number of hydrazone groups is 1. The van der Waals surface area contributed by atoms with Crippen LogP contribution in [0.15, 0.2) is 29.4 Å². The van der Waals surface area contributed by atoms with Crippen molar-refractivity contribution in [1.82, 2.24) is 5.01 Å². The molecule has 0 spiro atoms. The van der Waals surface area contributed by atoms with Crippen LogP contribution in [0.3, 0.4) is 0 Å². The first-order chi connectivity index (χ1) is 7.46. The molecule has 0 fully saturated rings. The van der Waals surface area contributed by atoms with E-state index in [1.165, 1.54) is 5.56 Å². The lowest BCUT2D eigenvalue weighted by Gasteiger charge is -2.35. The van der Waals surface area contributed by atoms with Gasteiger partial charge in [-0.15, -0.1) is 5.10 Å². The van der Waals surface area contributed by atoms with Crippen LogP contribution < -0.4 is 0 Å². The molecule has 0 amide bonds. The Labute approximate surface area is 96.7 Å². The molecule has 1 aromatic carbocycles. The fourth-order valence-electron chi connectivity index (χ4n) is 1.95. The molecule has 0 bridgehead atoms. The van der Waals surface area contributed by atoms with Crippen LogP contribution in [0.2, 0.25) is 0 Å². The van der Waals surface area contributed by atoms with E-state index in [0.717, 1.165) is 12.1 Å². The number of ether oxygens (including phenoxy) is 1. The molecule has 1 aliphatic rings. The molecule has 1 aromatic rings. The second-order valence-electron chi connectivity index (χ2n) is 4.95. The topological polar surface area (TPSA) is 24.8 Å². The predicted molar refractivity (Wildman–Crippen MR) is 65.5 cm³/mol. The number of hydrogen-bond donors (Lipinski definition) is 0. The summed E-state index contributed by atoms with van der Waals surface area (Å²) in [5.41, 5.74) is 2.07. The second kappa shape index (κ2) is 3.81. The normalized spacial score (nSPS) is 19.0. The zero-order chi connectivity index (χ0) is 11.8. The van der Waals surface area contributed by atoms with Gasteiger partial charge in [0.1, 0.15) is 5.60 Å². The molecule has 0 atom stereocenters. The van der Waals surface area contributed by atoms with Crippen LogP contribution >= 0.6 is 0 Å². The quantitative estimate of drug-likeness (QED) is 0.723. The number of nitrogens with zero attached hydrogens (tertiary/aromatic N) is 2. The average molecular weight is 218 g/mol. The van der Waals surface area contributed by atoms with Gasteiger partial charge in [0.25, 0.3) is 0 Å². The second-order valence-corrected chi connectivity index (χ2v) is 4.95. The minimum absolute atomic E-state index is 0.185. The Morgan fingerprint density at radius 2 is 2.12 bits per heavy atom. The van der Waals surface area contributed by atoms with E-state index in [4.69, 9.17) is 4.74 Å². The van der Waals surface area contributed by atoms with Gasteiger partial charge in [-0.05, 0) is 32.9 Å². The third-order valence-corrected chi connectivity index (χ3v) is 2.51. The summed E-state index contributed by atoms with van der Waals surface area (Å²) >= 11 is 0. The lowest BCUT2D eigenvalue weighted by atomic mass is 10.1. The summed E-state index contributed by atoms with van der Waals surface area (Å²) in [5, 5.41) is 6.35. The van der Waals surface area contributed by atoms with E-state index in [1.807, 2.05) is 24.2 Å². The maximum Gasteiger partial charge on any atom is 0.238 e. The molecule has 0 radical (unpaired) electrons. The van der Waals surface area contributed by atoms with Gasteiger partial charge in [-0.25, -0.2) is 0 Å². The summed E-state index contributed by atoms with van der Waals surface area (Å²) in [6, 6.07) is 8.22. The number of likely N-dealkylation sites (N-methyl/N-ethyl adjacent to an activating group) is 1. The molecule has 16 heavy (non-hydrogen) atoms. The Bertz CT molecular complexity index is 424. The Kier molecular flexibility index (Phi) is 2.62. The van der Waals surface area contributed by atoms with Crippen molar-refractivity contribution in [3.63, 3.8) is 0 Å². The lowest BCUT2D eigenvalue weighted by Crippen LogP contribution is -2.43. The van der Waals surface area contributed by atoms with E-state index in [0.29, 0.717) is 5.90 Å². The van der Waals surface area contributed by atoms with Gasteiger partial charge in [0, 0.05) is 12.6 Å². The molecule has 0 unspecified atom stereocenters. The summed E-state index contributed by atoms with van der Waals surface area (Å²) in [4.78, 5) is 0. The van der Waals surface area contributed by atoms with Crippen LogP contribution in [-0.2, 0) is 4.74 Å². The highest BCUT2D eigenvalue weighted by Crippen LogP contribution is 2.20. The summed E-state index contributed by atoms with van der Waals surface area (Å²) in [7, 11) is 1.97. The highest BCUT2D eigenvalue weighted by atomic mass is 16.5. The Balaban J connectivity index is 2.34. The SMILES string of the molecule is Cc1cccc(C2=NN(C)CC(C)(C)O2)c1. The molecule has 0 N–H and O–H groups in total. The van der Waals surface area contributed by atoms with Gasteiger partial charge < -0.3 is 4.74 Å². The third-order valence-electron chi connectivity index (χ3n) is 2.51. The molecule has 0 aliphatic carbocycles. The van der Waals surface area contributed by atoms with Gasteiger partial charge >= 0.3 is 0 Å². The monoisotopic (exact) mass is 218 g/mol. The van der Waals surface area contributed by atoms with Crippen molar-refractivity contribution in [3.8, 4) is 0 Å². The van der Waals surface area contributed by atoms with Gasteiger partial charge in [0.2, 0.25) is 5.90 Å². The molecule has 3 nitrogen and oxygen atoms in total. The average Bonchev–Trinajstić information content (AvgIpc) is 2.14. The van der Waals surface area contributed by atoms with Gasteiger partial charge in [0.15, 0.2) is 0 Å². The number of benzene rings is 1. The molecule has 0 aromatic heterocycles. The van der Waals surface area contributed by atoms with Crippen molar-refractivity contribution in [2.75, 3.05) is 13.6 Å². The summed E-state index contributed by atoms with van der Waals surface area (Å²) in [6.45, 7) is 7.03. The van der Waals surface area contributed by atoms with Crippen LogP contribution in [0.4, 0.5) is 0 Å². The molecule has 1 heterocycles. The van der Waals surface area contributed by atoms with Crippen molar-refractivity contribution in [2.45, 2.75) is 26.4 Å². The van der Waals surface area contributed by atoms with E-state index in [-0.39, 0.29) is 5.60 Å². The molecule has 1 aliphatic heterocycles. The van der Waals surface area contributed by atoms with Crippen LogP contribution in [0.1, 0.15) is 25.0 Å². The highest BCUT2D eigenvalue weighted by molar-refractivity contribution is 5.94. The Morgan fingerprint density at radius 1 is 1.38 bits per heavy atom. The van der Waals surface area contributed by atoms with Gasteiger partial charge in [-0.3, -0.25) is 5.01 Å². The van der Waals surface area contributed by atoms with E-state index in [1.54, 1.807) is 0 Å². The van der Waals surface area contributed by atoms with Gasteiger partial charge in [0.05, 0.1) is 6.54 Å².